The molecule has 0 unspecified atom stereocenters. The van der Waals surface area contributed by atoms with E-state index in [1.165, 1.54) is 167 Å². The van der Waals surface area contributed by atoms with Crippen LogP contribution in [0.2, 0.25) is 0 Å². The van der Waals surface area contributed by atoms with Crippen molar-refractivity contribution in [3.8, 4) is 0 Å². The average molecular weight is 552 g/mol. The molecule has 0 spiro atoms. The number of rotatable bonds is 36. The second kappa shape index (κ2) is 37.6. The molecule has 3 nitrogen and oxygen atoms in total. The molecule has 39 heavy (non-hydrogen) atoms. The van der Waals surface area contributed by atoms with E-state index in [0.717, 1.165) is 51.9 Å². The molecule has 0 aliphatic heterocycles. The number of carbonyl (C=O) groups is 1. The Morgan fingerprint density at radius 1 is 0.410 bits per heavy atom. The van der Waals surface area contributed by atoms with Crippen LogP contribution in [0.5, 0.6) is 0 Å². The van der Waals surface area contributed by atoms with E-state index in [2.05, 4.69) is 12.2 Å². The fourth-order valence-electron chi connectivity index (χ4n) is 5.55. The van der Waals surface area contributed by atoms with Crippen molar-refractivity contribution in [1.82, 2.24) is 5.32 Å². The minimum Gasteiger partial charge on any atom is -0.380 e. The molecule has 3 heteroatoms. The van der Waals surface area contributed by atoms with E-state index < -0.39 is 0 Å². The van der Waals surface area contributed by atoms with Crippen LogP contribution >= 0.6 is 0 Å². The number of aldehydes is 1. The summed E-state index contributed by atoms with van der Waals surface area (Å²) in [6.07, 6.45) is 42.6. The number of nitrogens with one attached hydrogen (secondary N) is 1. The van der Waals surface area contributed by atoms with Crippen LogP contribution in [0, 0.1) is 0 Å². The molecule has 234 valence electrons. The quantitative estimate of drug-likeness (QED) is 0.0621. The lowest BCUT2D eigenvalue weighted by molar-refractivity contribution is -0.107. The molecular weight excluding hydrogens is 478 g/mol. The zero-order chi connectivity index (χ0) is 28.2. The van der Waals surface area contributed by atoms with Crippen molar-refractivity contribution < 1.29 is 9.53 Å². The SMILES string of the molecule is CCCCCCCCCCCCCCCCCCCCCCCCCCCCOCCNCCCCCC=O. The van der Waals surface area contributed by atoms with Crippen LogP contribution in [-0.4, -0.2) is 32.6 Å². The predicted octanol–water partition coefficient (Wildman–Crippen LogP) is 11.5. The summed E-state index contributed by atoms with van der Waals surface area (Å²) in [4.78, 5) is 10.3. The van der Waals surface area contributed by atoms with Crippen LogP contribution in [0.4, 0.5) is 0 Å². The zero-order valence-corrected chi connectivity index (χ0v) is 26.9. The maximum absolute atomic E-state index is 10.3. The molecule has 0 amide bonds. The molecule has 1 N–H and O–H groups in total. The van der Waals surface area contributed by atoms with Gasteiger partial charge in [-0.3, -0.25) is 0 Å². The van der Waals surface area contributed by atoms with Gasteiger partial charge < -0.3 is 14.8 Å². The first kappa shape index (κ1) is 38.6. The lowest BCUT2D eigenvalue weighted by Gasteiger charge is -2.06. The molecule has 0 atom stereocenters. The number of hydrogen-bond donors (Lipinski definition) is 1. The van der Waals surface area contributed by atoms with Crippen LogP contribution in [-0.2, 0) is 9.53 Å². The topological polar surface area (TPSA) is 38.3 Å². The molecule has 0 saturated carbocycles. The molecule has 0 aromatic heterocycles. The van der Waals surface area contributed by atoms with E-state index in [9.17, 15) is 4.79 Å². The summed E-state index contributed by atoms with van der Waals surface area (Å²) in [5, 5.41) is 3.42. The Kier molecular flexibility index (Phi) is 37.2. The van der Waals surface area contributed by atoms with Gasteiger partial charge in [0.15, 0.2) is 0 Å². The highest BCUT2D eigenvalue weighted by Crippen LogP contribution is 2.16. The minimum absolute atomic E-state index is 0.711. The fourth-order valence-corrected chi connectivity index (χ4v) is 5.55. The van der Waals surface area contributed by atoms with Crippen molar-refractivity contribution in [2.24, 2.45) is 0 Å². The average Bonchev–Trinajstić information content (AvgIpc) is 2.95. The van der Waals surface area contributed by atoms with Gasteiger partial charge in [-0.1, -0.05) is 174 Å². The Morgan fingerprint density at radius 3 is 1.15 bits per heavy atom. The Morgan fingerprint density at radius 2 is 0.769 bits per heavy atom. The minimum atomic E-state index is 0.711. The highest BCUT2D eigenvalue weighted by molar-refractivity contribution is 5.48. The van der Waals surface area contributed by atoms with Crippen molar-refractivity contribution in [3.63, 3.8) is 0 Å². The van der Waals surface area contributed by atoms with Gasteiger partial charge in [-0.25, -0.2) is 0 Å². The van der Waals surface area contributed by atoms with Gasteiger partial charge in [-0.05, 0) is 25.8 Å². The Bertz CT molecular complexity index is 428. The van der Waals surface area contributed by atoms with Crippen LogP contribution in [0.15, 0.2) is 0 Å². The van der Waals surface area contributed by atoms with E-state index >= 15 is 0 Å². The summed E-state index contributed by atoms with van der Waals surface area (Å²) in [7, 11) is 0. The van der Waals surface area contributed by atoms with Crippen LogP contribution in [0.25, 0.3) is 0 Å². The fraction of sp³-hybridized carbons (Fsp3) is 0.972. The summed E-state index contributed by atoms with van der Waals surface area (Å²) in [5.74, 6) is 0. The van der Waals surface area contributed by atoms with E-state index in [-0.39, 0.29) is 0 Å². The molecule has 0 fully saturated rings. The molecule has 0 aliphatic carbocycles. The van der Waals surface area contributed by atoms with Crippen molar-refractivity contribution in [2.75, 3.05) is 26.3 Å². The summed E-state index contributed by atoms with van der Waals surface area (Å²) in [5.41, 5.74) is 0. The molecular formula is C36H73NO2. The second-order valence-corrected chi connectivity index (χ2v) is 12.2. The van der Waals surface area contributed by atoms with Crippen molar-refractivity contribution in [2.45, 2.75) is 200 Å². The lowest BCUT2D eigenvalue weighted by atomic mass is 10.0. The molecule has 0 bridgehead atoms. The van der Waals surface area contributed by atoms with Crippen LogP contribution < -0.4 is 5.32 Å². The van der Waals surface area contributed by atoms with Gasteiger partial charge in [0.05, 0.1) is 6.61 Å². The van der Waals surface area contributed by atoms with Gasteiger partial charge in [-0.15, -0.1) is 0 Å². The van der Waals surface area contributed by atoms with Gasteiger partial charge in [0.2, 0.25) is 0 Å². The molecule has 0 aromatic carbocycles. The smallest absolute Gasteiger partial charge is 0.119 e. The van der Waals surface area contributed by atoms with E-state index in [1.54, 1.807) is 0 Å². The van der Waals surface area contributed by atoms with Gasteiger partial charge in [0.1, 0.15) is 6.29 Å². The summed E-state index contributed by atoms with van der Waals surface area (Å²) in [6.45, 7) is 6.04. The predicted molar refractivity (Wildman–Crippen MR) is 174 cm³/mol. The first-order chi connectivity index (χ1) is 19.4. The highest BCUT2D eigenvalue weighted by Gasteiger charge is 1.97. The largest absolute Gasteiger partial charge is 0.380 e. The molecule has 0 aliphatic rings. The maximum atomic E-state index is 10.3. The van der Waals surface area contributed by atoms with Crippen molar-refractivity contribution in [3.05, 3.63) is 0 Å². The van der Waals surface area contributed by atoms with Crippen LogP contribution in [0.1, 0.15) is 200 Å². The molecule has 0 heterocycles. The van der Waals surface area contributed by atoms with Crippen LogP contribution in [0.3, 0.4) is 0 Å². The second-order valence-electron chi connectivity index (χ2n) is 12.2. The highest BCUT2D eigenvalue weighted by atomic mass is 16.5. The van der Waals surface area contributed by atoms with E-state index in [1.807, 2.05) is 0 Å². The molecule has 0 saturated heterocycles. The Labute approximate surface area is 246 Å². The first-order valence-corrected chi connectivity index (χ1v) is 18.1. The summed E-state index contributed by atoms with van der Waals surface area (Å²) < 4.78 is 5.72. The zero-order valence-electron chi connectivity index (χ0n) is 26.9. The molecule has 0 aromatic rings. The van der Waals surface area contributed by atoms with E-state index in [0.29, 0.717) is 6.42 Å². The van der Waals surface area contributed by atoms with Crippen molar-refractivity contribution in [1.29, 1.82) is 0 Å². The molecule has 0 rings (SSSR count). The maximum Gasteiger partial charge on any atom is 0.119 e. The standard InChI is InChI=1S/C36H73NO2/c1-2-3-4-5-6-7-8-9-10-11-12-13-14-15-16-17-18-19-20-21-22-23-24-25-28-31-35-39-36-33-37-32-29-26-27-30-34-38/h34,37H,2-33,35-36H2,1H3. The monoisotopic (exact) mass is 552 g/mol. The third kappa shape index (κ3) is 37.6. The van der Waals surface area contributed by atoms with Gasteiger partial charge in [0, 0.05) is 19.6 Å². The number of ether oxygens (including phenoxy) is 1. The molecule has 0 radical (unpaired) electrons. The number of hydrogen-bond acceptors (Lipinski definition) is 3. The Hall–Kier alpha value is -0.410. The first-order valence-electron chi connectivity index (χ1n) is 18.1. The van der Waals surface area contributed by atoms with Gasteiger partial charge in [-0.2, -0.15) is 0 Å². The lowest BCUT2D eigenvalue weighted by Crippen LogP contribution is -2.21. The van der Waals surface area contributed by atoms with Crippen molar-refractivity contribution >= 4 is 6.29 Å². The Balaban J connectivity index is 3.02. The third-order valence-corrected chi connectivity index (χ3v) is 8.24. The normalized spacial score (nSPS) is 11.4. The number of carbonyl (C=O) groups excluding carboxylic acids is 1. The summed E-state index contributed by atoms with van der Waals surface area (Å²) in [6, 6.07) is 0. The van der Waals surface area contributed by atoms with E-state index in [4.69, 9.17) is 4.74 Å². The van der Waals surface area contributed by atoms with Gasteiger partial charge >= 0.3 is 0 Å². The number of unbranched alkanes of at least 4 members (excludes halogenated alkanes) is 28. The van der Waals surface area contributed by atoms with Gasteiger partial charge in [0.25, 0.3) is 0 Å². The summed E-state index contributed by atoms with van der Waals surface area (Å²) >= 11 is 0. The third-order valence-electron chi connectivity index (χ3n) is 8.24.